The molecule has 0 bridgehead atoms. The Morgan fingerprint density at radius 1 is 1.24 bits per heavy atom. The van der Waals surface area contributed by atoms with Gasteiger partial charge in [-0.1, -0.05) is 0 Å². The van der Waals surface area contributed by atoms with Crippen LogP contribution < -0.4 is 29.6 Å². The third-order valence-electron chi connectivity index (χ3n) is 1.63. The molecule has 1 amide bonds. The number of hydrogen-bond acceptors (Lipinski definition) is 2. The fourth-order valence-corrected chi connectivity index (χ4v) is 5.11. The molecule has 17 heavy (non-hydrogen) atoms. The van der Waals surface area contributed by atoms with Crippen molar-refractivity contribution < 1.29 is 44.3 Å². The molecule has 0 heterocycles. The van der Waals surface area contributed by atoms with Gasteiger partial charge < -0.3 is 15.2 Å². The summed E-state index contributed by atoms with van der Waals surface area (Å²) in [7, 11) is 0. The van der Waals surface area contributed by atoms with Gasteiger partial charge in [0.25, 0.3) is 0 Å². The molecule has 0 fully saturated rings. The van der Waals surface area contributed by atoms with Crippen LogP contribution in [-0.2, 0) is 4.79 Å². The monoisotopic (exact) mass is 579 g/mol. The van der Waals surface area contributed by atoms with Gasteiger partial charge in [-0.25, -0.2) is 4.79 Å². The Bertz CT molecular complexity index is 479. The van der Waals surface area contributed by atoms with Crippen LogP contribution in [0.1, 0.15) is 17.3 Å². The summed E-state index contributed by atoms with van der Waals surface area (Å²) in [6.45, 7) is 1.34. The summed E-state index contributed by atoms with van der Waals surface area (Å²) in [6, 6.07) is 1.70. The van der Waals surface area contributed by atoms with E-state index < -0.39 is 5.97 Å². The molecule has 0 atom stereocenters. The first-order valence-corrected chi connectivity index (χ1v) is 7.21. The van der Waals surface area contributed by atoms with Crippen molar-refractivity contribution in [2.45, 2.75) is 6.92 Å². The molecular formula is C9H5I3NNaO3. The summed E-state index contributed by atoms with van der Waals surface area (Å²) in [5, 5.41) is 12.9. The maximum Gasteiger partial charge on any atom is 1.00 e. The molecule has 0 aliphatic carbocycles. The normalized spacial score (nSPS) is 9.41. The van der Waals surface area contributed by atoms with Gasteiger partial charge in [-0.05, 0) is 80.8 Å². The number of nitrogens with zero attached hydrogens (tertiary/aromatic N) is 1. The van der Waals surface area contributed by atoms with E-state index in [1.165, 1.54) is 6.92 Å². The van der Waals surface area contributed by atoms with Crippen LogP contribution in [0.15, 0.2) is 6.07 Å². The fourth-order valence-electron chi connectivity index (χ4n) is 1.04. The van der Waals surface area contributed by atoms with Crippen LogP contribution in [0, 0.1) is 10.7 Å². The van der Waals surface area contributed by atoms with Crippen molar-refractivity contribution in [3.63, 3.8) is 0 Å². The molecule has 0 aliphatic heterocycles. The first-order chi connectivity index (χ1) is 7.34. The van der Waals surface area contributed by atoms with Crippen molar-refractivity contribution in [2.75, 3.05) is 0 Å². The maximum atomic E-state index is 11.1. The Morgan fingerprint density at radius 3 is 2.18 bits per heavy atom. The van der Waals surface area contributed by atoms with Crippen LogP contribution in [0.4, 0.5) is 5.69 Å². The third kappa shape index (κ3) is 4.75. The zero-order chi connectivity index (χ0) is 12.5. The van der Waals surface area contributed by atoms with Crippen molar-refractivity contribution >= 4 is 85.3 Å². The second kappa shape index (κ2) is 7.82. The minimum atomic E-state index is -1.01. The van der Waals surface area contributed by atoms with Gasteiger partial charge in [0.1, 0.15) is 0 Å². The van der Waals surface area contributed by atoms with E-state index in [1.807, 2.05) is 67.8 Å². The van der Waals surface area contributed by atoms with Crippen LogP contribution in [-0.4, -0.2) is 17.0 Å². The largest absolute Gasteiger partial charge is 1.00 e. The van der Waals surface area contributed by atoms with E-state index in [-0.39, 0.29) is 41.0 Å². The Kier molecular flexibility index (Phi) is 8.44. The quantitative estimate of drug-likeness (QED) is 0.416. The first kappa shape index (κ1) is 18.4. The van der Waals surface area contributed by atoms with Gasteiger partial charge in [0.15, 0.2) is 0 Å². The Hall–Kier alpha value is 1.35. The number of halogens is 3. The van der Waals surface area contributed by atoms with E-state index in [1.54, 1.807) is 6.07 Å². The number of carbonyl (C=O) groups excluding carboxylic acids is 1. The summed E-state index contributed by atoms with van der Waals surface area (Å²) in [4.78, 5) is 22.0. The number of rotatable bonds is 2. The summed E-state index contributed by atoms with van der Waals surface area (Å²) in [6.07, 6.45) is 0. The van der Waals surface area contributed by atoms with Gasteiger partial charge in [-0.2, -0.15) is 0 Å². The molecule has 0 saturated carbocycles. The van der Waals surface area contributed by atoms with Crippen LogP contribution in [0.3, 0.4) is 0 Å². The van der Waals surface area contributed by atoms with Crippen LogP contribution in [0.25, 0.3) is 5.32 Å². The van der Waals surface area contributed by atoms with Gasteiger partial charge >= 0.3 is 35.5 Å². The molecule has 1 aromatic rings. The minimum Gasteiger partial charge on any atom is -0.625 e. The molecular weight excluding hydrogens is 574 g/mol. The number of carbonyl (C=O) groups is 2. The van der Waals surface area contributed by atoms with E-state index in [2.05, 4.69) is 5.32 Å². The average molecular weight is 579 g/mol. The van der Waals surface area contributed by atoms with Crippen molar-refractivity contribution in [3.05, 3.63) is 27.7 Å². The van der Waals surface area contributed by atoms with Gasteiger partial charge in [-0.3, -0.25) is 0 Å². The predicted molar refractivity (Wildman–Crippen MR) is 85.3 cm³/mol. The van der Waals surface area contributed by atoms with E-state index in [4.69, 9.17) is 5.11 Å². The zero-order valence-corrected chi connectivity index (χ0v) is 17.4. The van der Waals surface area contributed by atoms with Crippen molar-refractivity contribution in [2.24, 2.45) is 0 Å². The standard InChI is InChI=1S/C9H6I3NO3.Na/c1-3(14)13-8-5(11)2-4(10)6(7(8)12)9(15)16;/h2H,1H3,(H2,13,14,15,16);/q;+1/p-1. The average Bonchev–Trinajstić information content (AvgIpc) is 2.10. The van der Waals surface area contributed by atoms with E-state index in [0.717, 1.165) is 3.57 Å². The number of benzene rings is 1. The second-order valence-corrected chi connectivity index (χ2v) is 6.22. The van der Waals surface area contributed by atoms with Crippen molar-refractivity contribution in [1.82, 2.24) is 0 Å². The molecule has 1 rings (SSSR count). The summed E-state index contributed by atoms with van der Waals surface area (Å²) >= 11 is 5.90. The second-order valence-electron chi connectivity index (χ2n) is 2.81. The Balaban J connectivity index is 0.00000256. The summed E-state index contributed by atoms with van der Waals surface area (Å²) in [5.74, 6) is -1.35. The van der Waals surface area contributed by atoms with Crippen LogP contribution in [0.2, 0.25) is 0 Å². The molecule has 0 aliphatic rings. The first-order valence-electron chi connectivity index (χ1n) is 3.97. The van der Waals surface area contributed by atoms with E-state index in [9.17, 15) is 9.59 Å². The minimum absolute atomic E-state index is 0. The fraction of sp³-hybridized carbons (Fsp3) is 0.111. The molecule has 86 valence electrons. The summed E-state index contributed by atoms with van der Waals surface area (Å²) < 4.78 is 1.91. The van der Waals surface area contributed by atoms with Gasteiger partial charge in [0.05, 0.1) is 11.5 Å². The van der Waals surface area contributed by atoms with Gasteiger partial charge in [0.2, 0.25) is 0 Å². The van der Waals surface area contributed by atoms with Crippen LogP contribution in [0.5, 0.6) is 0 Å². The maximum absolute atomic E-state index is 11.1. The molecule has 0 radical (unpaired) electrons. The number of carboxylic acids is 1. The Morgan fingerprint density at radius 2 is 1.76 bits per heavy atom. The molecule has 4 nitrogen and oxygen atoms in total. The molecule has 8 heteroatoms. The topological polar surface area (TPSA) is 68.5 Å². The SMILES string of the molecule is CC(=O)[N-]c1c(I)cc(I)c(C(=O)O)c1I.[Na+]. The third-order valence-corrected chi connectivity index (χ3v) is 4.35. The molecule has 0 aromatic heterocycles. The van der Waals surface area contributed by atoms with Gasteiger partial charge in [-0.15, -0.1) is 5.69 Å². The molecule has 1 N–H and O–H groups in total. The van der Waals surface area contributed by atoms with Crippen LogP contribution >= 0.6 is 67.8 Å². The number of aromatic carboxylic acids is 1. The Labute approximate surface area is 161 Å². The predicted octanol–water partition coefficient (Wildman–Crippen LogP) is 0.754. The molecule has 0 spiro atoms. The molecule has 0 unspecified atom stereocenters. The summed E-state index contributed by atoms with van der Waals surface area (Å²) in [5.41, 5.74) is 0.633. The van der Waals surface area contributed by atoms with E-state index >= 15 is 0 Å². The van der Waals surface area contributed by atoms with Crippen molar-refractivity contribution in [1.29, 1.82) is 0 Å². The molecule has 0 saturated heterocycles. The number of hydrogen-bond donors (Lipinski definition) is 1. The number of amides is 1. The number of carboxylic acid groups (broad SMARTS) is 1. The van der Waals surface area contributed by atoms with E-state index in [0.29, 0.717) is 12.8 Å². The zero-order valence-electron chi connectivity index (χ0n) is 8.92. The smallest absolute Gasteiger partial charge is 0.625 e. The van der Waals surface area contributed by atoms with Gasteiger partial charge in [0, 0.05) is 10.7 Å². The van der Waals surface area contributed by atoms with Crippen molar-refractivity contribution in [3.8, 4) is 0 Å². The molecule has 1 aromatic carbocycles.